The zero-order chi connectivity index (χ0) is 23.6. The van der Waals surface area contributed by atoms with E-state index in [4.69, 9.17) is 16.3 Å². The third-order valence-corrected chi connectivity index (χ3v) is 7.72. The van der Waals surface area contributed by atoms with Gasteiger partial charge in [0, 0.05) is 25.7 Å². The lowest BCUT2D eigenvalue weighted by atomic mass is 10.2. The summed E-state index contributed by atoms with van der Waals surface area (Å²) in [6.07, 6.45) is 2.21. The van der Waals surface area contributed by atoms with Crippen molar-refractivity contribution in [2.45, 2.75) is 37.8 Å². The molecular formula is C21H25ClN6O4S. The first-order valence-corrected chi connectivity index (χ1v) is 12.5. The normalized spacial score (nSPS) is 16.1. The van der Waals surface area contributed by atoms with Crippen LogP contribution >= 0.6 is 11.6 Å². The lowest BCUT2D eigenvalue weighted by molar-refractivity contribution is 0.0730. The average Bonchev–Trinajstić information content (AvgIpc) is 2.83. The molecule has 1 aliphatic heterocycles. The topological polar surface area (TPSA) is 119 Å². The van der Waals surface area contributed by atoms with E-state index >= 15 is 0 Å². The van der Waals surface area contributed by atoms with Crippen molar-refractivity contribution in [3.8, 4) is 0 Å². The Morgan fingerprint density at radius 1 is 1.18 bits per heavy atom. The Balaban J connectivity index is 1.57. The summed E-state index contributed by atoms with van der Waals surface area (Å²) in [5.74, 6) is 0.165. The molecule has 3 aromatic rings. The summed E-state index contributed by atoms with van der Waals surface area (Å²) in [6, 6.07) is 6.47. The molecule has 1 unspecified atom stereocenters. The van der Waals surface area contributed by atoms with Crippen LogP contribution in [0.15, 0.2) is 40.2 Å². The van der Waals surface area contributed by atoms with Gasteiger partial charge >= 0.3 is 0 Å². The Kier molecular flexibility index (Phi) is 6.94. The predicted molar refractivity (Wildman–Crippen MR) is 125 cm³/mol. The number of fused-ring (bicyclic) bond motifs is 1. The number of nitrogens with zero attached hydrogens (tertiary/aromatic N) is 5. The van der Waals surface area contributed by atoms with E-state index < -0.39 is 10.0 Å². The Labute approximate surface area is 196 Å². The zero-order valence-corrected chi connectivity index (χ0v) is 19.9. The van der Waals surface area contributed by atoms with E-state index in [9.17, 15) is 13.2 Å². The summed E-state index contributed by atoms with van der Waals surface area (Å²) in [6.45, 7) is 5.67. The van der Waals surface area contributed by atoms with Gasteiger partial charge in [-0.1, -0.05) is 19.1 Å². The fourth-order valence-electron chi connectivity index (χ4n) is 3.59. The molecule has 0 radical (unpaired) electrons. The molecule has 10 nitrogen and oxygen atoms in total. The summed E-state index contributed by atoms with van der Waals surface area (Å²) in [5.41, 5.74) is 1.34. The van der Waals surface area contributed by atoms with Gasteiger partial charge in [-0.15, -0.1) is 0 Å². The molecular weight excluding hydrogens is 468 g/mol. The Bertz CT molecular complexity index is 1310. The molecule has 176 valence electrons. The van der Waals surface area contributed by atoms with Crippen molar-refractivity contribution in [1.29, 1.82) is 0 Å². The molecule has 1 fully saturated rings. The molecule has 0 bridgehead atoms. The van der Waals surface area contributed by atoms with Gasteiger partial charge in [0.1, 0.15) is 5.52 Å². The number of hydrogen-bond acceptors (Lipinski definition) is 8. The van der Waals surface area contributed by atoms with E-state index in [0.29, 0.717) is 44.0 Å². The van der Waals surface area contributed by atoms with E-state index in [1.165, 1.54) is 10.5 Å². The molecule has 2 aromatic heterocycles. The highest BCUT2D eigenvalue weighted by atomic mass is 35.5. The highest BCUT2D eigenvalue weighted by Gasteiger charge is 2.26. The van der Waals surface area contributed by atoms with Gasteiger partial charge in [-0.05, 0) is 42.6 Å². The Morgan fingerprint density at radius 2 is 1.88 bits per heavy atom. The van der Waals surface area contributed by atoms with Gasteiger partial charge in [0.15, 0.2) is 11.5 Å². The smallest absolute Gasteiger partial charge is 0.295 e. The van der Waals surface area contributed by atoms with E-state index in [-0.39, 0.29) is 27.6 Å². The van der Waals surface area contributed by atoms with E-state index in [1.807, 2.05) is 13.8 Å². The molecule has 0 amide bonds. The van der Waals surface area contributed by atoms with Gasteiger partial charge in [-0.25, -0.2) is 18.4 Å². The maximum Gasteiger partial charge on any atom is 0.295 e. The molecule has 1 N–H and O–H groups in total. The minimum atomic E-state index is -3.56. The first kappa shape index (κ1) is 23.6. The number of rotatable bonds is 7. The standard InChI is InChI=1S/C21H25ClN6O4S/c1-3-14(2)28-19-17(13-24-21(22)26-19)25-18(20(28)29)23-12-15-4-6-16(7-5-15)33(30,31)27-8-10-32-11-9-27/h4-7,13-14H,3,8-12H2,1-2H3,(H,23,25). The molecule has 4 rings (SSSR count). The number of ether oxygens (including phenoxy) is 1. The lowest BCUT2D eigenvalue weighted by Gasteiger charge is -2.26. The van der Waals surface area contributed by atoms with Gasteiger partial charge in [0.25, 0.3) is 5.56 Å². The SMILES string of the molecule is CCC(C)n1c(=O)c(NCc2ccc(S(=O)(=O)N3CCOCC3)cc2)nc2cnc(Cl)nc21. The zero-order valence-electron chi connectivity index (χ0n) is 18.4. The number of sulfonamides is 1. The van der Waals surface area contributed by atoms with Crippen LogP contribution in [0.25, 0.3) is 11.2 Å². The van der Waals surface area contributed by atoms with Crippen LogP contribution in [0.5, 0.6) is 0 Å². The Hall–Kier alpha value is -2.60. The van der Waals surface area contributed by atoms with E-state index in [2.05, 4.69) is 20.3 Å². The van der Waals surface area contributed by atoms with E-state index in [1.54, 1.807) is 28.8 Å². The molecule has 12 heteroatoms. The molecule has 0 aliphatic carbocycles. The second kappa shape index (κ2) is 9.72. The van der Waals surface area contributed by atoms with Gasteiger partial charge in [0.2, 0.25) is 15.3 Å². The summed E-state index contributed by atoms with van der Waals surface area (Å²) in [7, 11) is -3.56. The fourth-order valence-corrected chi connectivity index (χ4v) is 5.12. The largest absolute Gasteiger partial charge is 0.379 e. The van der Waals surface area contributed by atoms with Gasteiger partial charge < -0.3 is 10.1 Å². The number of anilines is 1. The fraction of sp³-hybridized carbons (Fsp3) is 0.429. The van der Waals surface area contributed by atoms with Crippen LogP contribution in [0.1, 0.15) is 31.9 Å². The molecule has 1 aliphatic rings. The molecule has 1 atom stereocenters. The van der Waals surface area contributed by atoms with Crippen LogP contribution in [0, 0.1) is 0 Å². The maximum atomic E-state index is 13.1. The van der Waals surface area contributed by atoms with E-state index in [0.717, 1.165) is 12.0 Å². The van der Waals surface area contributed by atoms with Crippen LogP contribution in [0.2, 0.25) is 5.28 Å². The maximum absolute atomic E-state index is 13.1. The lowest BCUT2D eigenvalue weighted by Crippen LogP contribution is -2.40. The van der Waals surface area contributed by atoms with Crippen molar-refractivity contribution < 1.29 is 13.2 Å². The quantitative estimate of drug-likeness (QED) is 0.499. The summed E-state index contributed by atoms with van der Waals surface area (Å²) >= 11 is 5.93. The third kappa shape index (κ3) is 4.86. The second-order valence-corrected chi connectivity index (χ2v) is 10.0. The van der Waals surface area contributed by atoms with Gasteiger partial charge in [-0.3, -0.25) is 9.36 Å². The van der Waals surface area contributed by atoms with Gasteiger partial charge in [0.05, 0.1) is 24.3 Å². The number of nitrogens with one attached hydrogen (secondary N) is 1. The monoisotopic (exact) mass is 492 g/mol. The highest BCUT2D eigenvalue weighted by molar-refractivity contribution is 7.89. The second-order valence-electron chi connectivity index (χ2n) is 7.75. The van der Waals surface area contributed by atoms with Crippen molar-refractivity contribution in [3.05, 3.63) is 51.7 Å². The van der Waals surface area contributed by atoms with Crippen LogP contribution in [0.3, 0.4) is 0 Å². The molecule has 1 aromatic carbocycles. The van der Waals surface area contributed by atoms with Crippen LogP contribution in [0.4, 0.5) is 5.82 Å². The number of halogens is 1. The molecule has 0 spiro atoms. The number of morpholine rings is 1. The average molecular weight is 493 g/mol. The summed E-state index contributed by atoms with van der Waals surface area (Å²) < 4.78 is 33.8. The summed E-state index contributed by atoms with van der Waals surface area (Å²) in [4.78, 5) is 25.9. The molecule has 1 saturated heterocycles. The van der Waals surface area contributed by atoms with Crippen molar-refractivity contribution in [3.63, 3.8) is 0 Å². The van der Waals surface area contributed by atoms with Crippen LogP contribution in [-0.2, 0) is 21.3 Å². The highest BCUT2D eigenvalue weighted by Crippen LogP contribution is 2.20. The number of hydrogen-bond donors (Lipinski definition) is 1. The minimum absolute atomic E-state index is 0.0496. The molecule has 33 heavy (non-hydrogen) atoms. The summed E-state index contributed by atoms with van der Waals surface area (Å²) in [5, 5.41) is 3.12. The minimum Gasteiger partial charge on any atom is -0.379 e. The Morgan fingerprint density at radius 3 is 2.55 bits per heavy atom. The first-order valence-electron chi connectivity index (χ1n) is 10.7. The van der Waals surface area contributed by atoms with Crippen molar-refractivity contribution >= 4 is 38.6 Å². The number of aromatic nitrogens is 4. The predicted octanol–water partition coefficient (Wildman–Crippen LogP) is 2.44. The third-order valence-electron chi connectivity index (χ3n) is 5.63. The molecule has 3 heterocycles. The van der Waals surface area contributed by atoms with Crippen molar-refractivity contribution in [2.24, 2.45) is 0 Å². The van der Waals surface area contributed by atoms with Crippen molar-refractivity contribution in [2.75, 3.05) is 31.6 Å². The molecule has 0 saturated carbocycles. The van der Waals surface area contributed by atoms with Gasteiger partial charge in [-0.2, -0.15) is 9.29 Å². The van der Waals surface area contributed by atoms with Crippen LogP contribution in [-0.4, -0.2) is 58.5 Å². The van der Waals surface area contributed by atoms with Crippen LogP contribution < -0.4 is 10.9 Å². The number of benzene rings is 1. The van der Waals surface area contributed by atoms with Crippen molar-refractivity contribution in [1.82, 2.24) is 23.8 Å². The first-order chi connectivity index (χ1) is 15.8.